The second-order valence-electron chi connectivity index (χ2n) is 5.62. The van der Waals surface area contributed by atoms with Crippen LogP contribution in [-0.2, 0) is 16.3 Å². The SMILES string of the molecule is O=S1(=O)CCCC1CN=C1NC(Cc2ccccc2)CS1. The number of benzene rings is 1. The minimum absolute atomic E-state index is 0.263. The molecule has 2 aliphatic rings. The molecule has 0 aliphatic carbocycles. The normalized spacial score (nSPS) is 29.6. The molecule has 0 amide bonds. The zero-order chi connectivity index (χ0) is 14.7. The summed E-state index contributed by atoms with van der Waals surface area (Å²) in [6.45, 7) is 0.412. The monoisotopic (exact) mass is 324 g/mol. The number of amidine groups is 1. The number of thioether (sulfide) groups is 1. The van der Waals surface area contributed by atoms with Crippen molar-refractivity contribution in [1.82, 2.24) is 5.32 Å². The highest BCUT2D eigenvalue weighted by atomic mass is 32.2. The van der Waals surface area contributed by atoms with Crippen LogP contribution in [-0.4, -0.2) is 42.9 Å². The first-order valence-corrected chi connectivity index (χ1v) is 10.0. The largest absolute Gasteiger partial charge is 0.361 e. The zero-order valence-corrected chi connectivity index (χ0v) is 13.5. The van der Waals surface area contributed by atoms with Crippen LogP contribution in [0.15, 0.2) is 35.3 Å². The number of nitrogens with one attached hydrogen (secondary N) is 1. The van der Waals surface area contributed by atoms with E-state index >= 15 is 0 Å². The van der Waals surface area contributed by atoms with Gasteiger partial charge in [0.25, 0.3) is 0 Å². The molecule has 2 heterocycles. The molecule has 6 heteroatoms. The van der Waals surface area contributed by atoms with Crippen molar-refractivity contribution in [2.24, 2.45) is 4.99 Å². The van der Waals surface area contributed by atoms with Crippen molar-refractivity contribution in [3.63, 3.8) is 0 Å². The van der Waals surface area contributed by atoms with Crippen molar-refractivity contribution in [1.29, 1.82) is 0 Å². The predicted octanol–water partition coefficient (Wildman–Crippen LogP) is 1.87. The van der Waals surface area contributed by atoms with Gasteiger partial charge in [0.2, 0.25) is 0 Å². The summed E-state index contributed by atoms with van der Waals surface area (Å²) in [6, 6.07) is 10.8. The quantitative estimate of drug-likeness (QED) is 0.918. The lowest BCUT2D eigenvalue weighted by atomic mass is 10.1. The van der Waals surface area contributed by atoms with Crippen LogP contribution in [0.3, 0.4) is 0 Å². The molecule has 3 rings (SSSR count). The van der Waals surface area contributed by atoms with Gasteiger partial charge in [-0.15, -0.1) is 0 Å². The third kappa shape index (κ3) is 3.80. The van der Waals surface area contributed by atoms with E-state index in [0.29, 0.717) is 18.3 Å². The molecule has 0 bridgehead atoms. The number of hydrogen-bond acceptors (Lipinski definition) is 4. The fraction of sp³-hybridized carbons (Fsp3) is 0.533. The lowest BCUT2D eigenvalue weighted by Gasteiger charge is -2.10. The van der Waals surface area contributed by atoms with Gasteiger partial charge in [-0.1, -0.05) is 42.1 Å². The minimum atomic E-state index is -2.88. The van der Waals surface area contributed by atoms with Gasteiger partial charge in [0, 0.05) is 11.8 Å². The fourth-order valence-electron chi connectivity index (χ4n) is 2.79. The number of sulfone groups is 1. The first-order valence-electron chi connectivity index (χ1n) is 7.33. The minimum Gasteiger partial charge on any atom is -0.361 e. The van der Waals surface area contributed by atoms with Gasteiger partial charge in [-0.05, 0) is 24.8 Å². The van der Waals surface area contributed by atoms with E-state index in [1.165, 1.54) is 5.56 Å². The fourth-order valence-corrected chi connectivity index (χ4v) is 5.49. The lowest BCUT2D eigenvalue weighted by Crippen LogP contribution is -2.29. The molecule has 1 N–H and O–H groups in total. The zero-order valence-electron chi connectivity index (χ0n) is 11.9. The van der Waals surface area contributed by atoms with Crippen molar-refractivity contribution >= 4 is 26.8 Å². The maximum atomic E-state index is 11.8. The van der Waals surface area contributed by atoms with Crippen molar-refractivity contribution in [2.45, 2.75) is 30.6 Å². The highest BCUT2D eigenvalue weighted by Gasteiger charge is 2.31. The van der Waals surface area contributed by atoms with Gasteiger partial charge >= 0.3 is 0 Å². The summed E-state index contributed by atoms with van der Waals surface area (Å²) in [5.41, 5.74) is 1.32. The van der Waals surface area contributed by atoms with E-state index < -0.39 is 9.84 Å². The van der Waals surface area contributed by atoms with Crippen molar-refractivity contribution in [2.75, 3.05) is 18.1 Å². The van der Waals surface area contributed by atoms with Gasteiger partial charge in [0.1, 0.15) is 0 Å². The van der Waals surface area contributed by atoms with Crippen LogP contribution in [0.5, 0.6) is 0 Å². The van der Waals surface area contributed by atoms with E-state index in [0.717, 1.165) is 30.2 Å². The van der Waals surface area contributed by atoms with Crippen LogP contribution >= 0.6 is 11.8 Å². The van der Waals surface area contributed by atoms with Crippen LogP contribution in [0, 0.1) is 0 Å². The first-order chi connectivity index (χ1) is 10.1. The third-order valence-corrected chi connectivity index (χ3v) is 7.32. The Morgan fingerprint density at radius 3 is 2.81 bits per heavy atom. The summed E-state index contributed by atoms with van der Waals surface area (Å²) in [5.74, 6) is 1.32. The maximum Gasteiger partial charge on any atom is 0.156 e. The molecule has 1 aromatic carbocycles. The predicted molar refractivity (Wildman–Crippen MR) is 88.6 cm³/mol. The number of hydrogen-bond donors (Lipinski definition) is 1. The molecule has 0 saturated carbocycles. The summed E-state index contributed by atoms with van der Waals surface area (Å²) >= 11 is 1.70. The standard InChI is InChI=1S/C15H20N2O2S2/c18-21(19)8-4-7-14(21)10-16-15-17-13(11-20-15)9-12-5-2-1-3-6-12/h1-3,5-6,13-14H,4,7-11H2,(H,16,17). The Labute approximate surface area is 130 Å². The summed E-state index contributed by atoms with van der Waals surface area (Å²) in [7, 11) is -2.88. The van der Waals surface area contributed by atoms with Crippen LogP contribution in [0.25, 0.3) is 0 Å². The van der Waals surface area contributed by atoms with Crippen LogP contribution in [0.2, 0.25) is 0 Å². The molecule has 2 atom stereocenters. The van der Waals surface area contributed by atoms with Crippen LogP contribution in [0.1, 0.15) is 18.4 Å². The van der Waals surface area contributed by atoms with Gasteiger partial charge in [-0.3, -0.25) is 4.99 Å². The molecule has 2 saturated heterocycles. The molecule has 2 unspecified atom stereocenters. The molecule has 2 aliphatic heterocycles. The Kier molecular flexibility index (Phi) is 4.54. The van der Waals surface area contributed by atoms with Crippen molar-refractivity contribution in [3.8, 4) is 0 Å². The summed E-state index contributed by atoms with van der Waals surface area (Å²) < 4.78 is 23.6. The second kappa shape index (κ2) is 6.40. The molecule has 0 aromatic heterocycles. The topological polar surface area (TPSA) is 58.5 Å². The third-order valence-electron chi connectivity index (χ3n) is 3.98. The Hall–Kier alpha value is -1.01. The molecular formula is C15H20N2O2S2. The molecule has 1 aromatic rings. The average molecular weight is 324 g/mol. The van der Waals surface area contributed by atoms with Crippen LogP contribution < -0.4 is 5.32 Å². The summed E-state index contributed by atoms with van der Waals surface area (Å²) in [6.07, 6.45) is 2.53. The van der Waals surface area contributed by atoms with E-state index in [1.54, 1.807) is 11.8 Å². The molecular weight excluding hydrogens is 304 g/mol. The van der Waals surface area contributed by atoms with E-state index in [2.05, 4.69) is 34.6 Å². The van der Waals surface area contributed by atoms with Gasteiger partial charge in [-0.25, -0.2) is 8.42 Å². The second-order valence-corrected chi connectivity index (χ2v) is 9.03. The molecule has 2 fully saturated rings. The summed E-state index contributed by atoms with van der Waals surface area (Å²) in [4.78, 5) is 4.48. The number of aliphatic imine (C=N–C) groups is 1. The molecule has 21 heavy (non-hydrogen) atoms. The van der Waals surface area contributed by atoms with Gasteiger partial charge in [0.05, 0.1) is 17.5 Å². The Morgan fingerprint density at radius 1 is 1.29 bits per heavy atom. The van der Waals surface area contributed by atoms with Crippen LogP contribution in [0.4, 0.5) is 0 Å². The molecule has 0 radical (unpaired) electrons. The summed E-state index contributed by atoms with van der Waals surface area (Å²) in [5, 5.41) is 4.05. The van der Waals surface area contributed by atoms with E-state index in [4.69, 9.17) is 0 Å². The average Bonchev–Trinajstić information content (AvgIpc) is 3.04. The Morgan fingerprint density at radius 2 is 2.10 bits per heavy atom. The Balaban J connectivity index is 1.53. The van der Waals surface area contributed by atoms with Crippen molar-refractivity contribution in [3.05, 3.63) is 35.9 Å². The maximum absolute atomic E-state index is 11.8. The van der Waals surface area contributed by atoms with Crippen molar-refractivity contribution < 1.29 is 8.42 Å². The van der Waals surface area contributed by atoms with E-state index in [1.807, 2.05) is 6.07 Å². The van der Waals surface area contributed by atoms with Gasteiger partial charge < -0.3 is 5.32 Å². The Bertz CT molecular complexity index is 614. The smallest absolute Gasteiger partial charge is 0.156 e. The molecule has 114 valence electrons. The number of rotatable bonds is 4. The van der Waals surface area contributed by atoms with Gasteiger partial charge in [-0.2, -0.15) is 0 Å². The highest BCUT2D eigenvalue weighted by Crippen LogP contribution is 2.22. The van der Waals surface area contributed by atoms with E-state index in [9.17, 15) is 8.42 Å². The molecule has 4 nitrogen and oxygen atoms in total. The number of nitrogens with zero attached hydrogens (tertiary/aromatic N) is 1. The lowest BCUT2D eigenvalue weighted by molar-refractivity contribution is 0.590. The molecule has 0 spiro atoms. The van der Waals surface area contributed by atoms with E-state index in [-0.39, 0.29) is 5.25 Å². The van der Waals surface area contributed by atoms with Gasteiger partial charge in [0.15, 0.2) is 15.0 Å². The highest BCUT2D eigenvalue weighted by molar-refractivity contribution is 8.14. The first kappa shape index (κ1) is 14.9.